The second-order valence-corrected chi connectivity index (χ2v) is 8.14. The molecule has 0 aliphatic carbocycles. The van der Waals surface area contributed by atoms with E-state index in [2.05, 4.69) is 56.1 Å². The van der Waals surface area contributed by atoms with Gasteiger partial charge in [0.05, 0.1) is 19.0 Å². The van der Waals surface area contributed by atoms with Crippen LogP contribution < -0.4 is 20.7 Å². The molecule has 3 N–H and O–H groups in total. The average Bonchev–Trinajstić information content (AvgIpc) is 2.76. The maximum atomic E-state index is 6.37. The van der Waals surface area contributed by atoms with Gasteiger partial charge in [-0.1, -0.05) is 11.6 Å². The molecule has 0 amide bonds. The van der Waals surface area contributed by atoms with E-state index in [9.17, 15) is 0 Å². The monoisotopic (exact) mass is 438 g/mol. The summed E-state index contributed by atoms with van der Waals surface area (Å²) in [5, 5.41) is 10.2. The molecule has 8 heteroatoms. The number of benzene rings is 2. The number of rotatable bonds is 6. The molecule has 0 atom stereocenters. The number of nitrogens with one attached hydrogen (secondary N) is 3. The van der Waals surface area contributed by atoms with Crippen LogP contribution >= 0.6 is 11.6 Å². The Balaban J connectivity index is 1.61. The molecule has 7 nitrogen and oxygen atoms in total. The topological polar surface area (TPSA) is 74.3 Å². The summed E-state index contributed by atoms with van der Waals surface area (Å²) in [5.41, 5.74) is 6.49. The molecule has 1 aromatic heterocycles. The van der Waals surface area contributed by atoms with Crippen LogP contribution in [-0.2, 0) is 13.0 Å². The Bertz CT molecular complexity index is 1100. The molecule has 0 unspecified atom stereocenters. The molecule has 0 fully saturated rings. The first kappa shape index (κ1) is 21.2. The van der Waals surface area contributed by atoms with Crippen LogP contribution in [-0.4, -0.2) is 42.6 Å². The minimum Gasteiger partial charge on any atom is -0.495 e. The molecule has 0 saturated heterocycles. The molecule has 0 bridgehead atoms. The number of hydrogen-bond acceptors (Lipinski definition) is 7. The summed E-state index contributed by atoms with van der Waals surface area (Å²) in [6.45, 7) is 3.99. The van der Waals surface area contributed by atoms with Crippen LogP contribution in [0.15, 0.2) is 36.5 Å². The van der Waals surface area contributed by atoms with Gasteiger partial charge < -0.3 is 25.6 Å². The van der Waals surface area contributed by atoms with Crippen LogP contribution in [0, 0.1) is 6.92 Å². The minimum atomic E-state index is 0.443. The predicted octanol–water partition coefficient (Wildman–Crippen LogP) is 4.96. The smallest absolute Gasteiger partial charge is 0.229 e. The minimum absolute atomic E-state index is 0.443. The molecule has 31 heavy (non-hydrogen) atoms. The Morgan fingerprint density at radius 3 is 2.68 bits per heavy atom. The largest absolute Gasteiger partial charge is 0.495 e. The van der Waals surface area contributed by atoms with Crippen molar-refractivity contribution in [2.24, 2.45) is 0 Å². The van der Waals surface area contributed by atoms with Gasteiger partial charge >= 0.3 is 0 Å². The van der Waals surface area contributed by atoms with Crippen molar-refractivity contribution in [2.45, 2.75) is 19.9 Å². The molecule has 2 heterocycles. The van der Waals surface area contributed by atoms with Crippen LogP contribution in [0.3, 0.4) is 0 Å². The quantitative estimate of drug-likeness (QED) is 0.502. The lowest BCUT2D eigenvalue weighted by molar-refractivity contribution is 0.312. The maximum absolute atomic E-state index is 6.37. The second kappa shape index (κ2) is 8.99. The number of hydrogen-bond donors (Lipinski definition) is 3. The SMILES string of the molecule is CNc1ccc(Nc2nc(Nc3cc4c(cc3OC)CCN(C)C4)ncc2Cl)c(C)c1. The Hall–Kier alpha value is -3.03. The lowest BCUT2D eigenvalue weighted by atomic mass is 9.99. The summed E-state index contributed by atoms with van der Waals surface area (Å²) < 4.78 is 5.62. The van der Waals surface area contributed by atoms with E-state index in [4.69, 9.17) is 16.3 Å². The number of anilines is 5. The molecule has 3 aromatic rings. The van der Waals surface area contributed by atoms with Crippen molar-refractivity contribution in [3.05, 3.63) is 58.2 Å². The standard InChI is InChI=1S/C23H27ClN6O/c1-14-9-17(25-2)5-6-19(14)27-22-18(24)12-26-23(29-22)28-20-10-16-13-30(3)8-7-15(16)11-21(20)31-4/h5-6,9-12,25H,7-8,13H2,1-4H3,(H2,26,27,28,29). The summed E-state index contributed by atoms with van der Waals surface area (Å²) >= 11 is 6.37. The van der Waals surface area contributed by atoms with Gasteiger partial charge in [-0.2, -0.15) is 4.98 Å². The van der Waals surface area contributed by atoms with Gasteiger partial charge in [0.25, 0.3) is 0 Å². The van der Waals surface area contributed by atoms with Crippen LogP contribution in [0.25, 0.3) is 0 Å². The normalized spacial score (nSPS) is 13.5. The molecular weight excluding hydrogens is 412 g/mol. The van der Waals surface area contributed by atoms with E-state index in [0.717, 1.165) is 47.9 Å². The van der Waals surface area contributed by atoms with E-state index in [-0.39, 0.29) is 0 Å². The third-order valence-electron chi connectivity index (χ3n) is 5.48. The Morgan fingerprint density at radius 2 is 1.94 bits per heavy atom. The fourth-order valence-corrected chi connectivity index (χ4v) is 3.86. The Morgan fingerprint density at radius 1 is 1.10 bits per heavy atom. The number of fused-ring (bicyclic) bond motifs is 1. The summed E-state index contributed by atoms with van der Waals surface area (Å²) in [6, 6.07) is 10.3. The van der Waals surface area contributed by atoms with Crippen LogP contribution in [0.2, 0.25) is 5.02 Å². The fraction of sp³-hybridized carbons (Fsp3) is 0.304. The first-order valence-corrected chi connectivity index (χ1v) is 10.6. The second-order valence-electron chi connectivity index (χ2n) is 7.73. The van der Waals surface area contributed by atoms with Crippen molar-refractivity contribution in [1.82, 2.24) is 14.9 Å². The van der Waals surface area contributed by atoms with Crippen molar-refractivity contribution >= 4 is 40.4 Å². The molecule has 162 valence electrons. The van der Waals surface area contributed by atoms with Gasteiger partial charge in [0.2, 0.25) is 5.95 Å². The number of ether oxygens (including phenoxy) is 1. The van der Waals surface area contributed by atoms with Crippen molar-refractivity contribution in [3.63, 3.8) is 0 Å². The number of nitrogens with zero attached hydrogens (tertiary/aromatic N) is 3. The van der Waals surface area contributed by atoms with Gasteiger partial charge in [-0.3, -0.25) is 0 Å². The molecular formula is C23H27ClN6O. The van der Waals surface area contributed by atoms with Crippen LogP contribution in [0.5, 0.6) is 5.75 Å². The zero-order valence-corrected chi connectivity index (χ0v) is 19.0. The van der Waals surface area contributed by atoms with E-state index in [1.54, 1.807) is 13.3 Å². The molecule has 0 spiro atoms. The average molecular weight is 439 g/mol. The Labute approximate surface area is 187 Å². The third-order valence-corrected chi connectivity index (χ3v) is 5.76. The van der Waals surface area contributed by atoms with E-state index in [1.165, 1.54) is 11.1 Å². The lowest BCUT2D eigenvalue weighted by Gasteiger charge is -2.26. The van der Waals surface area contributed by atoms with E-state index < -0.39 is 0 Å². The van der Waals surface area contributed by atoms with E-state index >= 15 is 0 Å². The highest BCUT2D eigenvalue weighted by atomic mass is 35.5. The first-order valence-electron chi connectivity index (χ1n) is 10.2. The number of halogens is 1. The molecule has 1 aliphatic rings. The van der Waals surface area contributed by atoms with Gasteiger partial charge in [-0.05, 0) is 67.4 Å². The van der Waals surface area contributed by atoms with Gasteiger partial charge in [0, 0.05) is 31.5 Å². The zero-order valence-electron chi connectivity index (χ0n) is 18.2. The summed E-state index contributed by atoms with van der Waals surface area (Å²) in [7, 11) is 5.70. The first-order chi connectivity index (χ1) is 15.0. The van der Waals surface area contributed by atoms with Crippen molar-refractivity contribution in [3.8, 4) is 5.75 Å². The van der Waals surface area contributed by atoms with E-state index in [0.29, 0.717) is 16.8 Å². The van der Waals surface area contributed by atoms with Gasteiger partial charge in [-0.25, -0.2) is 4.98 Å². The number of likely N-dealkylation sites (N-methyl/N-ethyl adjacent to an activating group) is 1. The third kappa shape index (κ3) is 4.68. The predicted molar refractivity (Wildman–Crippen MR) is 127 cm³/mol. The van der Waals surface area contributed by atoms with Gasteiger partial charge in [-0.15, -0.1) is 0 Å². The van der Waals surface area contributed by atoms with Crippen molar-refractivity contribution in [2.75, 3.05) is 43.7 Å². The van der Waals surface area contributed by atoms with Crippen LogP contribution in [0.4, 0.5) is 28.8 Å². The highest BCUT2D eigenvalue weighted by molar-refractivity contribution is 6.32. The van der Waals surface area contributed by atoms with Crippen LogP contribution in [0.1, 0.15) is 16.7 Å². The fourth-order valence-electron chi connectivity index (χ4n) is 3.72. The molecule has 0 saturated carbocycles. The van der Waals surface area contributed by atoms with E-state index in [1.807, 2.05) is 26.1 Å². The van der Waals surface area contributed by atoms with Crippen molar-refractivity contribution < 1.29 is 4.74 Å². The molecule has 1 aliphatic heterocycles. The summed E-state index contributed by atoms with van der Waals surface area (Å²) in [4.78, 5) is 11.3. The highest BCUT2D eigenvalue weighted by Crippen LogP contribution is 2.34. The molecule has 2 aromatic carbocycles. The molecule has 4 rings (SSSR count). The summed E-state index contributed by atoms with van der Waals surface area (Å²) in [5.74, 6) is 1.75. The number of methoxy groups -OCH3 is 1. The summed E-state index contributed by atoms with van der Waals surface area (Å²) in [6.07, 6.45) is 2.61. The van der Waals surface area contributed by atoms with Crippen molar-refractivity contribution in [1.29, 1.82) is 0 Å². The maximum Gasteiger partial charge on any atom is 0.229 e. The lowest BCUT2D eigenvalue weighted by Crippen LogP contribution is -2.26. The van der Waals surface area contributed by atoms with Gasteiger partial charge in [0.15, 0.2) is 5.82 Å². The number of aromatic nitrogens is 2. The highest BCUT2D eigenvalue weighted by Gasteiger charge is 2.18. The Kier molecular flexibility index (Phi) is 6.15. The molecule has 0 radical (unpaired) electrons. The number of aryl methyl sites for hydroxylation is 1. The zero-order chi connectivity index (χ0) is 22.0. The van der Waals surface area contributed by atoms with Gasteiger partial charge in [0.1, 0.15) is 10.8 Å².